The van der Waals surface area contributed by atoms with Crippen LogP contribution >= 0.6 is 11.6 Å². The number of nitrogens with one attached hydrogen (secondary N) is 2. The van der Waals surface area contributed by atoms with Gasteiger partial charge < -0.3 is 15.4 Å². The Balaban J connectivity index is 1.79. The number of aryl methyl sites for hydroxylation is 2. The lowest BCUT2D eigenvalue weighted by Gasteiger charge is -2.18. The summed E-state index contributed by atoms with van der Waals surface area (Å²) < 4.78 is 5.30. The number of carbonyl (C=O) groups excluding carboxylic acids is 2. The fourth-order valence-electron chi connectivity index (χ4n) is 2.98. The highest BCUT2D eigenvalue weighted by molar-refractivity contribution is 6.31. The summed E-state index contributed by atoms with van der Waals surface area (Å²) in [4.78, 5) is 25.7. The fraction of sp³-hybridized carbons (Fsp3) is 0.333. The van der Waals surface area contributed by atoms with Gasteiger partial charge in [0.1, 0.15) is 11.2 Å². The molecule has 0 unspecified atom stereocenters. The van der Waals surface area contributed by atoms with E-state index in [0.717, 1.165) is 22.4 Å². The van der Waals surface area contributed by atoms with Crippen molar-refractivity contribution in [3.05, 3.63) is 52.0 Å². The summed E-state index contributed by atoms with van der Waals surface area (Å²) >= 11 is 6.11. The Morgan fingerprint density at radius 2 is 1.63 bits per heavy atom. The van der Waals surface area contributed by atoms with Crippen LogP contribution in [0.2, 0.25) is 5.02 Å². The monoisotopic (exact) mass is 386 g/mol. The molecule has 0 atom stereocenters. The third-order valence-corrected chi connectivity index (χ3v) is 5.61. The van der Waals surface area contributed by atoms with Crippen molar-refractivity contribution in [2.24, 2.45) is 5.41 Å². The molecule has 2 aromatic rings. The molecule has 0 heterocycles. The van der Waals surface area contributed by atoms with Gasteiger partial charge in [-0.2, -0.15) is 0 Å². The van der Waals surface area contributed by atoms with Crippen molar-refractivity contribution in [1.82, 2.24) is 0 Å². The molecular weight excluding hydrogens is 364 g/mol. The van der Waals surface area contributed by atoms with E-state index >= 15 is 0 Å². The van der Waals surface area contributed by atoms with Crippen molar-refractivity contribution >= 4 is 34.8 Å². The maximum Gasteiger partial charge on any atom is 0.240 e. The average Bonchev–Trinajstić information content (AvgIpc) is 3.44. The van der Waals surface area contributed by atoms with Gasteiger partial charge in [-0.15, -0.1) is 0 Å². The SMILES string of the molecule is COc1cc(Cl)c(C)cc1NC(=O)C1(C(=O)Nc2cccc(C)c2C)CC1. The van der Waals surface area contributed by atoms with Gasteiger partial charge in [0.05, 0.1) is 12.8 Å². The molecule has 142 valence electrons. The lowest BCUT2D eigenvalue weighted by atomic mass is 10.0. The number of halogens is 1. The van der Waals surface area contributed by atoms with Gasteiger partial charge in [0.25, 0.3) is 0 Å². The zero-order valence-electron chi connectivity index (χ0n) is 15.9. The van der Waals surface area contributed by atoms with Gasteiger partial charge in [-0.25, -0.2) is 0 Å². The second kappa shape index (κ2) is 7.24. The van der Waals surface area contributed by atoms with Gasteiger partial charge in [0, 0.05) is 16.8 Å². The molecule has 1 aliphatic carbocycles. The molecule has 2 amide bonds. The Labute approximate surface area is 164 Å². The maximum atomic E-state index is 12.9. The number of hydrogen-bond donors (Lipinski definition) is 2. The van der Waals surface area contributed by atoms with Crippen LogP contribution in [-0.4, -0.2) is 18.9 Å². The van der Waals surface area contributed by atoms with Crippen molar-refractivity contribution in [1.29, 1.82) is 0 Å². The molecule has 3 rings (SSSR count). The summed E-state index contributed by atoms with van der Waals surface area (Å²) in [6, 6.07) is 9.12. The van der Waals surface area contributed by atoms with E-state index in [0.29, 0.717) is 29.3 Å². The van der Waals surface area contributed by atoms with Crippen LogP contribution in [0.25, 0.3) is 0 Å². The summed E-state index contributed by atoms with van der Waals surface area (Å²) in [5, 5.41) is 6.31. The van der Waals surface area contributed by atoms with Crippen molar-refractivity contribution in [2.45, 2.75) is 33.6 Å². The minimum absolute atomic E-state index is 0.279. The molecule has 1 aliphatic rings. The molecule has 1 fully saturated rings. The van der Waals surface area contributed by atoms with Gasteiger partial charge in [-0.05, 0) is 62.4 Å². The van der Waals surface area contributed by atoms with E-state index in [2.05, 4.69) is 10.6 Å². The minimum atomic E-state index is -1.05. The highest BCUT2D eigenvalue weighted by atomic mass is 35.5. The van der Waals surface area contributed by atoms with Crippen LogP contribution in [0.5, 0.6) is 5.75 Å². The van der Waals surface area contributed by atoms with Crippen molar-refractivity contribution in [2.75, 3.05) is 17.7 Å². The van der Waals surface area contributed by atoms with Crippen LogP contribution in [0.1, 0.15) is 29.5 Å². The molecule has 5 nitrogen and oxygen atoms in total. The first-order chi connectivity index (χ1) is 12.8. The largest absolute Gasteiger partial charge is 0.495 e. The molecule has 0 spiro atoms. The third kappa shape index (κ3) is 3.65. The number of hydrogen-bond acceptors (Lipinski definition) is 3. The zero-order chi connectivity index (χ0) is 19.8. The number of rotatable bonds is 5. The van der Waals surface area contributed by atoms with Crippen LogP contribution in [-0.2, 0) is 9.59 Å². The molecular formula is C21H23ClN2O3. The molecule has 0 saturated heterocycles. The standard InChI is InChI=1S/C21H23ClN2O3/c1-12-6-5-7-16(14(12)3)23-19(25)21(8-9-21)20(26)24-17-10-13(2)15(22)11-18(17)27-4/h5-7,10-11H,8-9H2,1-4H3,(H,23,25)(H,24,26). The molecule has 6 heteroatoms. The number of amides is 2. The highest BCUT2D eigenvalue weighted by Gasteiger charge is 2.56. The summed E-state index contributed by atoms with van der Waals surface area (Å²) in [5.41, 5.74) is 3.10. The normalized spacial score (nSPS) is 14.4. The first-order valence-electron chi connectivity index (χ1n) is 8.82. The van der Waals surface area contributed by atoms with Gasteiger partial charge in [-0.1, -0.05) is 23.7 Å². The second-order valence-corrected chi connectivity index (χ2v) is 7.45. The van der Waals surface area contributed by atoms with Crippen molar-refractivity contribution < 1.29 is 14.3 Å². The predicted octanol–water partition coefficient (Wildman–Crippen LogP) is 4.63. The maximum absolute atomic E-state index is 12.9. The summed E-state index contributed by atoms with van der Waals surface area (Å²) in [7, 11) is 1.51. The van der Waals surface area contributed by atoms with E-state index < -0.39 is 5.41 Å². The minimum Gasteiger partial charge on any atom is -0.495 e. The molecule has 0 radical (unpaired) electrons. The van der Waals surface area contributed by atoms with Crippen molar-refractivity contribution in [3.63, 3.8) is 0 Å². The Morgan fingerprint density at radius 3 is 2.22 bits per heavy atom. The molecule has 1 saturated carbocycles. The van der Waals surface area contributed by atoms with Gasteiger partial charge in [0.2, 0.25) is 11.8 Å². The Morgan fingerprint density at radius 1 is 1.00 bits per heavy atom. The van der Waals surface area contributed by atoms with E-state index in [9.17, 15) is 9.59 Å². The van der Waals surface area contributed by atoms with E-state index in [1.807, 2.05) is 39.0 Å². The van der Waals surface area contributed by atoms with E-state index in [1.165, 1.54) is 7.11 Å². The zero-order valence-corrected chi connectivity index (χ0v) is 16.7. The topological polar surface area (TPSA) is 67.4 Å². The van der Waals surface area contributed by atoms with Crippen LogP contribution < -0.4 is 15.4 Å². The van der Waals surface area contributed by atoms with Gasteiger partial charge >= 0.3 is 0 Å². The summed E-state index contributed by atoms with van der Waals surface area (Å²) in [6.45, 7) is 5.78. The number of methoxy groups -OCH3 is 1. The van der Waals surface area contributed by atoms with E-state index in [4.69, 9.17) is 16.3 Å². The predicted molar refractivity (Wildman–Crippen MR) is 108 cm³/mol. The summed E-state index contributed by atoms with van der Waals surface area (Å²) in [6.07, 6.45) is 1.04. The van der Waals surface area contributed by atoms with Crippen LogP contribution in [0.15, 0.2) is 30.3 Å². The summed E-state index contributed by atoms with van der Waals surface area (Å²) in [5.74, 6) is -0.145. The number of ether oxygens (including phenoxy) is 1. The number of anilines is 2. The highest BCUT2D eigenvalue weighted by Crippen LogP contribution is 2.48. The van der Waals surface area contributed by atoms with Crippen LogP contribution in [0.4, 0.5) is 11.4 Å². The van der Waals surface area contributed by atoms with E-state index in [-0.39, 0.29) is 11.8 Å². The lowest BCUT2D eigenvalue weighted by molar-refractivity contribution is -0.131. The number of benzene rings is 2. The lowest BCUT2D eigenvalue weighted by Crippen LogP contribution is -2.36. The Hall–Kier alpha value is -2.53. The number of carbonyl (C=O) groups is 2. The molecule has 27 heavy (non-hydrogen) atoms. The molecule has 2 aromatic carbocycles. The second-order valence-electron chi connectivity index (χ2n) is 7.04. The van der Waals surface area contributed by atoms with E-state index in [1.54, 1.807) is 12.1 Å². The van der Waals surface area contributed by atoms with Gasteiger partial charge in [-0.3, -0.25) is 9.59 Å². The van der Waals surface area contributed by atoms with Crippen LogP contribution in [0.3, 0.4) is 0 Å². The average molecular weight is 387 g/mol. The first kappa shape index (κ1) is 19.2. The first-order valence-corrected chi connectivity index (χ1v) is 9.19. The van der Waals surface area contributed by atoms with Gasteiger partial charge in [0.15, 0.2) is 0 Å². The van der Waals surface area contributed by atoms with Crippen molar-refractivity contribution in [3.8, 4) is 5.75 Å². The fourth-order valence-corrected chi connectivity index (χ4v) is 3.14. The molecule has 2 N–H and O–H groups in total. The third-order valence-electron chi connectivity index (χ3n) is 5.20. The Bertz CT molecular complexity index is 920. The quantitative estimate of drug-likeness (QED) is 0.736. The Kier molecular flexibility index (Phi) is 5.16. The smallest absolute Gasteiger partial charge is 0.240 e. The van der Waals surface area contributed by atoms with Crippen LogP contribution in [0, 0.1) is 26.2 Å². The molecule has 0 aromatic heterocycles. The molecule has 0 aliphatic heterocycles. The molecule has 0 bridgehead atoms.